The van der Waals surface area contributed by atoms with Gasteiger partial charge in [-0.05, 0) is 24.9 Å². The zero-order valence-electron chi connectivity index (χ0n) is 8.94. The van der Waals surface area contributed by atoms with Gasteiger partial charge in [0.05, 0.1) is 0 Å². The predicted molar refractivity (Wildman–Crippen MR) is 51.8 cm³/mol. The molecule has 0 bridgehead atoms. The Labute approximate surface area is 71.8 Å². The van der Waals surface area contributed by atoms with Crippen molar-refractivity contribution in [1.29, 1.82) is 0 Å². The molecule has 0 unspecified atom stereocenters. The molecular formula is C10H23N. The lowest BCUT2D eigenvalue weighted by Crippen LogP contribution is -2.34. The van der Waals surface area contributed by atoms with E-state index in [0.717, 1.165) is 12.5 Å². The van der Waals surface area contributed by atoms with Crippen molar-refractivity contribution in [3.63, 3.8) is 0 Å². The first-order valence-corrected chi connectivity index (χ1v) is 4.58. The highest BCUT2D eigenvalue weighted by atomic mass is 15.1. The molecule has 11 heavy (non-hydrogen) atoms. The van der Waals surface area contributed by atoms with Crippen LogP contribution in [-0.4, -0.2) is 25.0 Å². The van der Waals surface area contributed by atoms with Gasteiger partial charge in [-0.1, -0.05) is 34.6 Å². The summed E-state index contributed by atoms with van der Waals surface area (Å²) in [5.74, 6) is 0.761. The lowest BCUT2D eigenvalue weighted by molar-refractivity contribution is 0.160. The summed E-state index contributed by atoms with van der Waals surface area (Å²) in [7, 11) is 2.18. The second-order valence-electron chi connectivity index (χ2n) is 4.47. The molecule has 0 fully saturated rings. The molecule has 0 amide bonds. The van der Waals surface area contributed by atoms with Crippen molar-refractivity contribution in [2.75, 3.05) is 20.1 Å². The van der Waals surface area contributed by atoms with Crippen molar-refractivity contribution < 1.29 is 0 Å². The molecule has 0 N–H and O–H groups in total. The molecule has 0 aromatic rings. The third kappa shape index (κ3) is 3.76. The van der Waals surface area contributed by atoms with Crippen LogP contribution in [0.15, 0.2) is 0 Å². The standard InChI is InChI=1S/C10H23N/c1-7-11(6)8-10(4,5)9(2)3/h9H,7-8H2,1-6H3. The SMILES string of the molecule is CCN(C)CC(C)(C)C(C)C. The molecule has 0 radical (unpaired) electrons. The van der Waals surface area contributed by atoms with E-state index >= 15 is 0 Å². The van der Waals surface area contributed by atoms with Crippen LogP contribution in [0.4, 0.5) is 0 Å². The van der Waals surface area contributed by atoms with E-state index in [1.54, 1.807) is 0 Å². The molecule has 0 saturated heterocycles. The molecule has 1 nitrogen and oxygen atoms in total. The van der Waals surface area contributed by atoms with Gasteiger partial charge in [0.15, 0.2) is 0 Å². The number of nitrogens with zero attached hydrogens (tertiary/aromatic N) is 1. The summed E-state index contributed by atoms with van der Waals surface area (Å²) in [4.78, 5) is 2.38. The van der Waals surface area contributed by atoms with Gasteiger partial charge >= 0.3 is 0 Å². The third-order valence-electron chi connectivity index (χ3n) is 2.78. The largest absolute Gasteiger partial charge is 0.306 e. The van der Waals surface area contributed by atoms with Gasteiger partial charge in [-0.3, -0.25) is 0 Å². The molecule has 0 heterocycles. The highest BCUT2D eigenvalue weighted by Gasteiger charge is 2.23. The summed E-state index contributed by atoms with van der Waals surface area (Å²) in [6.45, 7) is 13.8. The molecule has 0 aliphatic heterocycles. The highest BCUT2D eigenvalue weighted by molar-refractivity contribution is 4.75. The molecule has 0 aromatic carbocycles. The van der Waals surface area contributed by atoms with Crippen molar-refractivity contribution in [3.8, 4) is 0 Å². The molecule has 0 aromatic heterocycles. The molecular weight excluding hydrogens is 134 g/mol. The zero-order valence-corrected chi connectivity index (χ0v) is 8.94. The van der Waals surface area contributed by atoms with E-state index in [1.165, 1.54) is 6.54 Å². The first-order chi connectivity index (χ1) is 4.90. The molecule has 0 aliphatic carbocycles. The highest BCUT2D eigenvalue weighted by Crippen LogP contribution is 2.26. The minimum absolute atomic E-state index is 0.449. The Balaban J connectivity index is 3.90. The summed E-state index contributed by atoms with van der Waals surface area (Å²) in [6, 6.07) is 0. The monoisotopic (exact) mass is 157 g/mol. The number of hydrogen-bond acceptors (Lipinski definition) is 1. The van der Waals surface area contributed by atoms with Gasteiger partial charge in [-0.2, -0.15) is 0 Å². The van der Waals surface area contributed by atoms with Crippen molar-refractivity contribution in [3.05, 3.63) is 0 Å². The Kier molecular flexibility index (Phi) is 4.09. The van der Waals surface area contributed by atoms with Crippen molar-refractivity contribution in [1.82, 2.24) is 4.90 Å². The smallest absolute Gasteiger partial charge is 0.00320 e. The average molecular weight is 157 g/mol. The summed E-state index contributed by atoms with van der Waals surface area (Å²) >= 11 is 0. The predicted octanol–water partition coefficient (Wildman–Crippen LogP) is 2.62. The molecule has 0 rings (SSSR count). The Bertz CT molecular complexity index is 105. The maximum Gasteiger partial charge on any atom is 0.00320 e. The Morgan fingerprint density at radius 3 is 2.00 bits per heavy atom. The molecule has 0 spiro atoms. The molecule has 68 valence electrons. The van der Waals surface area contributed by atoms with E-state index in [1.807, 2.05) is 0 Å². The average Bonchev–Trinajstić information content (AvgIpc) is 1.86. The summed E-state index contributed by atoms with van der Waals surface area (Å²) in [5.41, 5.74) is 0.449. The van der Waals surface area contributed by atoms with Crippen LogP contribution < -0.4 is 0 Å². The molecule has 1 heteroatoms. The minimum atomic E-state index is 0.449. The van der Waals surface area contributed by atoms with E-state index < -0.39 is 0 Å². The van der Waals surface area contributed by atoms with E-state index in [9.17, 15) is 0 Å². The van der Waals surface area contributed by atoms with Crippen LogP contribution >= 0.6 is 0 Å². The van der Waals surface area contributed by atoms with Crippen LogP contribution in [0.5, 0.6) is 0 Å². The Morgan fingerprint density at radius 1 is 1.27 bits per heavy atom. The van der Waals surface area contributed by atoms with Crippen LogP contribution in [0.25, 0.3) is 0 Å². The van der Waals surface area contributed by atoms with Crippen LogP contribution in [0.3, 0.4) is 0 Å². The second-order valence-corrected chi connectivity index (χ2v) is 4.47. The summed E-state index contributed by atoms with van der Waals surface area (Å²) in [6.07, 6.45) is 0. The zero-order chi connectivity index (χ0) is 9.07. The van der Waals surface area contributed by atoms with Gasteiger partial charge in [-0.25, -0.2) is 0 Å². The molecule has 0 saturated carbocycles. The van der Waals surface area contributed by atoms with E-state index in [-0.39, 0.29) is 0 Å². The topological polar surface area (TPSA) is 3.24 Å². The van der Waals surface area contributed by atoms with Crippen LogP contribution in [0.2, 0.25) is 0 Å². The summed E-state index contributed by atoms with van der Waals surface area (Å²) < 4.78 is 0. The lowest BCUT2D eigenvalue weighted by atomic mass is 9.81. The maximum atomic E-state index is 2.38. The first kappa shape index (κ1) is 11.0. The van der Waals surface area contributed by atoms with Crippen LogP contribution in [0, 0.1) is 11.3 Å². The van der Waals surface area contributed by atoms with Crippen molar-refractivity contribution >= 4 is 0 Å². The van der Waals surface area contributed by atoms with Crippen LogP contribution in [-0.2, 0) is 0 Å². The summed E-state index contributed by atoms with van der Waals surface area (Å²) in [5, 5.41) is 0. The van der Waals surface area contributed by atoms with Gasteiger partial charge < -0.3 is 4.90 Å². The Hall–Kier alpha value is -0.0400. The fourth-order valence-electron chi connectivity index (χ4n) is 0.990. The molecule has 0 atom stereocenters. The van der Waals surface area contributed by atoms with Gasteiger partial charge in [0.25, 0.3) is 0 Å². The number of hydrogen-bond donors (Lipinski definition) is 0. The lowest BCUT2D eigenvalue weighted by Gasteiger charge is -2.33. The number of rotatable bonds is 4. The second kappa shape index (κ2) is 4.10. The van der Waals surface area contributed by atoms with Gasteiger partial charge in [0.1, 0.15) is 0 Å². The quantitative estimate of drug-likeness (QED) is 0.606. The molecule has 0 aliphatic rings. The Morgan fingerprint density at radius 2 is 1.73 bits per heavy atom. The fourth-order valence-corrected chi connectivity index (χ4v) is 0.990. The fraction of sp³-hybridized carbons (Fsp3) is 1.00. The van der Waals surface area contributed by atoms with E-state index in [2.05, 4.69) is 46.6 Å². The van der Waals surface area contributed by atoms with Gasteiger partial charge in [-0.15, -0.1) is 0 Å². The first-order valence-electron chi connectivity index (χ1n) is 4.58. The van der Waals surface area contributed by atoms with Crippen molar-refractivity contribution in [2.45, 2.75) is 34.6 Å². The third-order valence-corrected chi connectivity index (χ3v) is 2.78. The van der Waals surface area contributed by atoms with Crippen LogP contribution in [0.1, 0.15) is 34.6 Å². The minimum Gasteiger partial charge on any atom is -0.306 e. The normalized spacial score (nSPS) is 13.1. The van der Waals surface area contributed by atoms with Crippen molar-refractivity contribution in [2.24, 2.45) is 11.3 Å². The van der Waals surface area contributed by atoms with Gasteiger partial charge in [0.2, 0.25) is 0 Å². The maximum absolute atomic E-state index is 2.38. The van der Waals surface area contributed by atoms with E-state index in [0.29, 0.717) is 5.41 Å². The van der Waals surface area contributed by atoms with E-state index in [4.69, 9.17) is 0 Å². The van der Waals surface area contributed by atoms with Gasteiger partial charge in [0, 0.05) is 6.54 Å².